The maximum Gasteiger partial charge on any atom is 0.335 e. The molecule has 2 aromatic carbocycles. The van der Waals surface area contributed by atoms with Gasteiger partial charge in [-0.3, -0.25) is 19.3 Å². The number of carbonyl (C=O) groups is 3. The van der Waals surface area contributed by atoms with Crippen LogP contribution >= 0.6 is 0 Å². The first kappa shape index (κ1) is 26.8. The minimum atomic E-state index is -1.17. The van der Waals surface area contributed by atoms with Crippen LogP contribution < -0.4 is 16.2 Å². The van der Waals surface area contributed by atoms with Crippen LogP contribution in [0.15, 0.2) is 41.2 Å². The van der Waals surface area contributed by atoms with Gasteiger partial charge in [0.2, 0.25) is 0 Å². The van der Waals surface area contributed by atoms with Crippen LogP contribution in [0.3, 0.4) is 0 Å². The number of fused-ring (bicyclic) bond motifs is 1. The number of hydrogen-bond acceptors (Lipinski definition) is 6. The number of carbonyl (C=O) groups excluding carboxylic acids is 1. The first-order valence-corrected chi connectivity index (χ1v) is 12.3. The molecule has 1 aromatic heterocycles. The monoisotopic (exact) mass is 524 g/mol. The zero-order chi connectivity index (χ0) is 27.4. The summed E-state index contributed by atoms with van der Waals surface area (Å²) in [5.41, 5.74) is 0.405. The Kier molecular flexibility index (Phi) is 8.06. The second kappa shape index (κ2) is 11.4. The van der Waals surface area contributed by atoms with E-state index < -0.39 is 29.2 Å². The van der Waals surface area contributed by atoms with Crippen molar-refractivity contribution >= 4 is 40.1 Å². The fourth-order valence-electron chi connectivity index (χ4n) is 4.97. The molecule has 0 atom stereocenters. The number of nitrogens with one attached hydrogen (secondary N) is 3. The number of aromatic carboxylic acids is 1. The molecule has 1 amide bonds. The predicted octanol–water partition coefficient (Wildman–Crippen LogP) is 3.88. The lowest BCUT2D eigenvalue weighted by Gasteiger charge is -2.33. The van der Waals surface area contributed by atoms with Crippen LogP contribution in [0.1, 0.15) is 58.4 Å². The standard InChI is InChI=1S/C27H29FN4O6/c1-29-22-12-18(28)10-16-11-20(26(36)31-24(16)22)25(35)30-21-8-7-15(27(37)38)9-17(21)13-32(14-23(33)34)19-5-3-2-4-6-19/h7-12,19,29H,2-6,13-14H2,1H3,(H,30,35)(H,31,36)(H,33,34)(H,37,38). The van der Waals surface area contributed by atoms with Crippen molar-refractivity contribution in [2.24, 2.45) is 0 Å². The van der Waals surface area contributed by atoms with Crippen LogP contribution in [0.2, 0.25) is 0 Å². The minimum Gasteiger partial charge on any atom is -0.480 e. The summed E-state index contributed by atoms with van der Waals surface area (Å²) < 4.78 is 14.1. The largest absolute Gasteiger partial charge is 0.480 e. The number of aliphatic carboxylic acids is 1. The summed E-state index contributed by atoms with van der Waals surface area (Å²) in [6.07, 6.45) is 4.67. The molecule has 1 fully saturated rings. The Hall–Kier alpha value is -4.25. The van der Waals surface area contributed by atoms with Crippen LogP contribution in [-0.4, -0.2) is 57.6 Å². The molecule has 1 saturated carbocycles. The van der Waals surface area contributed by atoms with Gasteiger partial charge in [-0.25, -0.2) is 9.18 Å². The zero-order valence-corrected chi connectivity index (χ0v) is 20.8. The van der Waals surface area contributed by atoms with Crippen molar-refractivity contribution in [3.8, 4) is 0 Å². The van der Waals surface area contributed by atoms with E-state index >= 15 is 0 Å². The Bertz CT molecular complexity index is 1450. The average molecular weight is 525 g/mol. The van der Waals surface area contributed by atoms with Gasteiger partial charge in [0.25, 0.3) is 11.5 Å². The van der Waals surface area contributed by atoms with Gasteiger partial charge >= 0.3 is 11.9 Å². The molecule has 0 radical (unpaired) electrons. The highest BCUT2D eigenvalue weighted by Gasteiger charge is 2.25. The van der Waals surface area contributed by atoms with E-state index in [0.29, 0.717) is 22.2 Å². The van der Waals surface area contributed by atoms with Crippen molar-refractivity contribution in [2.75, 3.05) is 24.2 Å². The Morgan fingerprint density at radius 3 is 2.45 bits per heavy atom. The van der Waals surface area contributed by atoms with Gasteiger partial charge in [-0.1, -0.05) is 19.3 Å². The summed E-state index contributed by atoms with van der Waals surface area (Å²) in [7, 11) is 1.58. The highest BCUT2D eigenvalue weighted by molar-refractivity contribution is 6.07. The van der Waals surface area contributed by atoms with Crippen molar-refractivity contribution in [3.63, 3.8) is 0 Å². The van der Waals surface area contributed by atoms with Gasteiger partial charge in [0.1, 0.15) is 11.4 Å². The number of rotatable bonds is 9. The number of amides is 1. The number of nitrogens with zero attached hydrogens (tertiary/aromatic N) is 1. The number of aromatic nitrogens is 1. The van der Waals surface area contributed by atoms with Gasteiger partial charge in [0.15, 0.2) is 0 Å². The molecule has 0 saturated heterocycles. The van der Waals surface area contributed by atoms with E-state index in [1.807, 2.05) is 0 Å². The lowest BCUT2D eigenvalue weighted by Crippen LogP contribution is -2.40. The fraction of sp³-hybridized carbons (Fsp3) is 0.333. The molecule has 1 heterocycles. The summed E-state index contributed by atoms with van der Waals surface area (Å²) in [5, 5.41) is 24.8. The predicted molar refractivity (Wildman–Crippen MR) is 140 cm³/mol. The van der Waals surface area contributed by atoms with Crippen LogP contribution in [0.5, 0.6) is 0 Å². The third-order valence-electron chi connectivity index (χ3n) is 6.83. The van der Waals surface area contributed by atoms with Gasteiger partial charge in [-0.15, -0.1) is 0 Å². The van der Waals surface area contributed by atoms with Crippen LogP contribution in [0.4, 0.5) is 15.8 Å². The number of H-pyrrole nitrogens is 1. The van der Waals surface area contributed by atoms with Gasteiger partial charge in [-0.2, -0.15) is 0 Å². The molecular formula is C27H29FN4O6. The van der Waals surface area contributed by atoms with Crippen molar-refractivity contribution in [2.45, 2.75) is 44.7 Å². The van der Waals surface area contributed by atoms with E-state index in [9.17, 15) is 33.8 Å². The third-order valence-corrected chi connectivity index (χ3v) is 6.83. The Morgan fingerprint density at radius 2 is 1.79 bits per heavy atom. The molecule has 5 N–H and O–H groups in total. The molecule has 1 aliphatic rings. The van der Waals surface area contributed by atoms with E-state index in [1.54, 1.807) is 11.9 Å². The van der Waals surface area contributed by atoms with E-state index in [2.05, 4.69) is 15.6 Å². The molecule has 200 valence electrons. The van der Waals surface area contributed by atoms with Crippen molar-refractivity contribution < 1.29 is 29.0 Å². The molecule has 1 aliphatic carbocycles. The smallest absolute Gasteiger partial charge is 0.335 e. The van der Waals surface area contributed by atoms with E-state index in [4.69, 9.17) is 0 Å². The first-order valence-electron chi connectivity index (χ1n) is 12.3. The number of hydrogen-bond donors (Lipinski definition) is 5. The number of anilines is 2. The quantitative estimate of drug-likeness (QED) is 0.283. The molecule has 0 aliphatic heterocycles. The molecule has 3 aromatic rings. The molecule has 0 spiro atoms. The molecule has 11 heteroatoms. The number of carboxylic acid groups (broad SMARTS) is 2. The lowest BCUT2D eigenvalue weighted by molar-refractivity contribution is -0.139. The highest BCUT2D eigenvalue weighted by Crippen LogP contribution is 2.28. The molecule has 4 rings (SSSR count). The Labute approximate surface area is 217 Å². The highest BCUT2D eigenvalue weighted by atomic mass is 19.1. The van der Waals surface area contributed by atoms with Gasteiger partial charge in [0, 0.05) is 30.7 Å². The lowest BCUT2D eigenvalue weighted by atomic mass is 9.93. The number of benzene rings is 2. The summed E-state index contributed by atoms with van der Waals surface area (Å²) in [6, 6.07) is 7.86. The van der Waals surface area contributed by atoms with Crippen molar-refractivity contribution in [3.05, 3.63) is 69.3 Å². The summed E-state index contributed by atoms with van der Waals surface area (Å²) >= 11 is 0. The molecular weight excluding hydrogens is 495 g/mol. The van der Waals surface area contributed by atoms with Gasteiger partial charge < -0.3 is 25.8 Å². The van der Waals surface area contributed by atoms with Gasteiger partial charge in [0.05, 0.1) is 23.3 Å². The van der Waals surface area contributed by atoms with E-state index in [-0.39, 0.29) is 35.9 Å². The number of halogens is 1. The number of aromatic amines is 1. The third kappa shape index (κ3) is 6.00. The first-order chi connectivity index (χ1) is 18.2. The second-order valence-corrected chi connectivity index (χ2v) is 9.40. The molecule has 10 nitrogen and oxygen atoms in total. The minimum absolute atomic E-state index is 0.0106. The summed E-state index contributed by atoms with van der Waals surface area (Å²) in [5.74, 6) is -3.49. The Balaban J connectivity index is 1.69. The summed E-state index contributed by atoms with van der Waals surface area (Å²) in [4.78, 5) is 53.6. The van der Waals surface area contributed by atoms with Crippen molar-refractivity contribution in [1.29, 1.82) is 0 Å². The van der Waals surface area contributed by atoms with Crippen LogP contribution in [-0.2, 0) is 11.3 Å². The fourth-order valence-corrected chi connectivity index (χ4v) is 4.97. The van der Waals surface area contributed by atoms with E-state index in [1.165, 1.54) is 36.4 Å². The topological polar surface area (TPSA) is 152 Å². The number of carboxylic acids is 2. The SMILES string of the molecule is CNc1cc(F)cc2cc(C(=O)Nc3ccc(C(=O)O)cc3CN(CC(=O)O)C3CCCCC3)c(=O)[nH]c12. The number of pyridine rings is 1. The Morgan fingerprint density at radius 1 is 1.05 bits per heavy atom. The average Bonchev–Trinajstić information content (AvgIpc) is 2.88. The maximum absolute atomic E-state index is 14.1. The zero-order valence-electron chi connectivity index (χ0n) is 20.8. The molecule has 0 unspecified atom stereocenters. The van der Waals surface area contributed by atoms with Crippen molar-refractivity contribution in [1.82, 2.24) is 9.88 Å². The summed E-state index contributed by atoms with van der Waals surface area (Å²) in [6.45, 7) is -0.141. The van der Waals surface area contributed by atoms with Gasteiger partial charge in [-0.05, 0) is 54.8 Å². The van der Waals surface area contributed by atoms with Crippen LogP contribution in [0, 0.1) is 5.82 Å². The maximum atomic E-state index is 14.1. The second-order valence-electron chi connectivity index (χ2n) is 9.40. The van der Waals surface area contributed by atoms with Crippen LogP contribution in [0.25, 0.3) is 10.9 Å². The van der Waals surface area contributed by atoms with E-state index in [0.717, 1.165) is 32.1 Å². The molecule has 38 heavy (non-hydrogen) atoms. The normalized spacial score (nSPS) is 14.0. The molecule has 0 bridgehead atoms.